The van der Waals surface area contributed by atoms with E-state index in [4.69, 9.17) is 9.05 Å². The van der Waals surface area contributed by atoms with Crippen molar-refractivity contribution in [1.29, 1.82) is 0 Å². The molecule has 0 aromatic carbocycles. The van der Waals surface area contributed by atoms with Gasteiger partial charge < -0.3 is 4.52 Å². The Morgan fingerprint density at radius 2 is 2.09 bits per heavy atom. The van der Waals surface area contributed by atoms with Gasteiger partial charge >= 0.3 is 7.60 Å². The van der Waals surface area contributed by atoms with Crippen molar-refractivity contribution in [3.05, 3.63) is 0 Å². The van der Waals surface area contributed by atoms with Crippen LogP contribution in [0.25, 0.3) is 0 Å². The molecule has 0 aromatic rings. The first-order valence-electron chi connectivity index (χ1n) is 3.42. The predicted octanol–water partition coefficient (Wildman–Crippen LogP) is 1.64. The molecule has 0 aliphatic carbocycles. The van der Waals surface area contributed by atoms with Crippen LogP contribution in [0.2, 0.25) is 0 Å². The van der Waals surface area contributed by atoms with Gasteiger partial charge in [0.05, 0.1) is 0 Å². The van der Waals surface area contributed by atoms with Crippen LogP contribution in [0.15, 0.2) is 0 Å². The molecule has 62 valence electrons. The fraction of sp³-hybridized carbons (Fsp3) is 0.714. The summed E-state index contributed by atoms with van der Waals surface area (Å²) in [7, 11) is -2.79. The Morgan fingerprint density at radius 1 is 1.45 bits per heavy atom. The highest BCUT2D eigenvalue weighted by Crippen LogP contribution is 2.52. The molecule has 1 rings (SSSR count). The van der Waals surface area contributed by atoms with E-state index in [0.717, 1.165) is 0 Å². The molecule has 4 heteroatoms. The summed E-state index contributed by atoms with van der Waals surface area (Å²) in [6, 6.07) is 0. The van der Waals surface area contributed by atoms with Crippen molar-refractivity contribution in [2.24, 2.45) is 0 Å². The van der Waals surface area contributed by atoms with E-state index in [1.807, 2.05) is 0 Å². The Balaban J connectivity index is 2.72. The lowest BCUT2D eigenvalue weighted by Crippen LogP contribution is -2.16. The molecule has 3 unspecified atom stereocenters. The van der Waals surface area contributed by atoms with Gasteiger partial charge in [-0.1, -0.05) is 5.92 Å². The molecule has 0 saturated carbocycles. The van der Waals surface area contributed by atoms with Crippen molar-refractivity contribution >= 4 is 7.60 Å². The molecule has 0 radical (unpaired) electrons. The van der Waals surface area contributed by atoms with Crippen molar-refractivity contribution in [1.82, 2.24) is 0 Å². The molecule has 1 aliphatic heterocycles. The molecule has 0 bridgehead atoms. The summed E-state index contributed by atoms with van der Waals surface area (Å²) in [6.45, 7) is 4.98. The Morgan fingerprint density at radius 3 is 2.45 bits per heavy atom. The zero-order valence-corrected chi connectivity index (χ0v) is 7.72. The second-order valence-electron chi connectivity index (χ2n) is 2.50. The summed E-state index contributed by atoms with van der Waals surface area (Å²) >= 11 is 0. The monoisotopic (exact) mass is 174 g/mol. The largest absolute Gasteiger partial charge is 0.329 e. The lowest BCUT2D eigenvalue weighted by atomic mass is 10.2. The average Bonchev–Trinajstić information content (AvgIpc) is 2.07. The lowest BCUT2D eigenvalue weighted by Gasteiger charge is -2.00. The quantitative estimate of drug-likeness (QED) is 0.413. The minimum Gasteiger partial charge on any atom is -0.302 e. The number of hydrogen-bond acceptors (Lipinski definition) is 3. The maximum atomic E-state index is 11.2. The van der Waals surface area contributed by atoms with Crippen LogP contribution in [0.1, 0.15) is 13.8 Å². The Kier molecular flexibility index (Phi) is 2.39. The minimum absolute atomic E-state index is 0.182. The molecule has 1 saturated heterocycles. The number of hydrogen-bond donors (Lipinski definition) is 0. The first kappa shape index (κ1) is 8.80. The van der Waals surface area contributed by atoms with Crippen LogP contribution >= 0.6 is 7.60 Å². The van der Waals surface area contributed by atoms with Gasteiger partial charge in [-0.3, -0.25) is 9.09 Å². The predicted molar refractivity (Wildman–Crippen MR) is 42.4 cm³/mol. The van der Waals surface area contributed by atoms with Gasteiger partial charge in [0, 0.05) is 6.66 Å². The summed E-state index contributed by atoms with van der Waals surface area (Å²) in [5, 5.41) is 0. The van der Waals surface area contributed by atoms with Crippen molar-refractivity contribution in [2.45, 2.75) is 26.1 Å². The van der Waals surface area contributed by atoms with E-state index in [1.54, 1.807) is 13.8 Å². The van der Waals surface area contributed by atoms with Crippen LogP contribution in [0, 0.1) is 11.8 Å². The normalized spacial score (nSPS) is 43.2. The summed E-state index contributed by atoms with van der Waals surface area (Å²) < 4.78 is 21.3. The van der Waals surface area contributed by atoms with Gasteiger partial charge in [0.1, 0.15) is 6.10 Å². The van der Waals surface area contributed by atoms with Gasteiger partial charge in [-0.25, -0.2) is 0 Å². The second-order valence-corrected chi connectivity index (χ2v) is 4.47. The molecule has 0 aromatic heterocycles. The van der Waals surface area contributed by atoms with E-state index in [2.05, 4.69) is 11.8 Å². The molecular formula is C7H11O3P. The fourth-order valence-electron chi connectivity index (χ4n) is 0.960. The highest BCUT2D eigenvalue weighted by atomic mass is 31.2. The molecule has 3 nitrogen and oxygen atoms in total. The topological polar surface area (TPSA) is 35.5 Å². The van der Waals surface area contributed by atoms with Crippen LogP contribution in [0.3, 0.4) is 0 Å². The maximum absolute atomic E-state index is 11.2. The molecule has 1 fully saturated rings. The molecule has 3 atom stereocenters. The highest BCUT2D eigenvalue weighted by molar-refractivity contribution is 7.53. The second kappa shape index (κ2) is 2.98. The van der Waals surface area contributed by atoms with Crippen LogP contribution in [0.5, 0.6) is 0 Å². The standard InChI is InChI=1S/C7H11O3P/c1-4-5-7-6(2)9-11(3,8)10-7/h6-7H,1-3H3. The van der Waals surface area contributed by atoms with Gasteiger partial charge in [-0.2, -0.15) is 0 Å². The molecule has 11 heavy (non-hydrogen) atoms. The molecule has 0 N–H and O–H groups in total. The molecular weight excluding hydrogens is 163 g/mol. The van der Waals surface area contributed by atoms with Crippen LogP contribution < -0.4 is 0 Å². The zero-order chi connectivity index (χ0) is 8.48. The Hall–Kier alpha value is -0.290. The van der Waals surface area contributed by atoms with Gasteiger partial charge in [-0.15, -0.1) is 5.92 Å². The van der Waals surface area contributed by atoms with E-state index >= 15 is 0 Å². The SMILES string of the molecule is CC#CC1OP(C)(=O)OC1C. The molecule has 0 amide bonds. The van der Waals surface area contributed by atoms with E-state index in [9.17, 15) is 4.57 Å². The number of rotatable bonds is 0. The maximum Gasteiger partial charge on any atom is 0.329 e. The van der Waals surface area contributed by atoms with Crippen molar-refractivity contribution < 1.29 is 13.6 Å². The van der Waals surface area contributed by atoms with Crippen molar-refractivity contribution in [2.75, 3.05) is 6.66 Å². The van der Waals surface area contributed by atoms with Gasteiger partial charge in [0.25, 0.3) is 0 Å². The summed E-state index contributed by atoms with van der Waals surface area (Å²) in [5.74, 6) is 5.48. The highest BCUT2D eigenvalue weighted by Gasteiger charge is 2.37. The summed E-state index contributed by atoms with van der Waals surface area (Å²) in [5.41, 5.74) is 0. The van der Waals surface area contributed by atoms with Crippen LogP contribution in [0.4, 0.5) is 0 Å². The third kappa shape index (κ3) is 2.07. The van der Waals surface area contributed by atoms with Crippen LogP contribution in [-0.2, 0) is 13.6 Å². The third-order valence-electron chi connectivity index (χ3n) is 1.38. The minimum atomic E-state index is -2.79. The summed E-state index contributed by atoms with van der Waals surface area (Å²) in [6.07, 6.45) is -0.505. The first-order valence-corrected chi connectivity index (χ1v) is 5.41. The van der Waals surface area contributed by atoms with Gasteiger partial charge in [-0.05, 0) is 13.8 Å². The van der Waals surface area contributed by atoms with E-state index in [0.29, 0.717) is 0 Å². The lowest BCUT2D eigenvalue weighted by molar-refractivity contribution is 0.217. The molecule has 1 aliphatic rings. The smallest absolute Gasteiger partial charge is 0.302 e. The molecule has 0 spiro atoms. The van der Waals surface area contributed by atoms with Gasteiger partial charge in [0.15, 0.2) is 6.10 Å². The Labute approximate surface area is 66.6 Å². The Bertz CT molecular complexity index is 250. The summed E-state index contributed by atoms with van der Waals surface area (Å²) in [4.78, 5) is 0. The fourth-order valence-corrected chi connectivity index (χ4v) is 2.36. The van der Waals surface area contributed by atoms with Gasteiger partial charge in [0.2, 0.25) is 0 Å². The average molecular weight is 174 g/mol. The molecule has 1 heterocycles. The van der Waals surface area contributed by atoms with E-state index in [-0.39, 0.29) is 12.2 Å². The van der Waals surface area contributed by atoms with Crippen LogP contribution in [-0.4, -0.2) is 18.9 Å². The first-order chi connectivity index (χ1) is 5.05. The third-order valence-corrected chi connectivity index (χ3v) is 2.70. The zero-order valence-electron chi connectivity index (χ0n) is 6.83. The van der Waals surface area contributed by atoms with E-state index < -0.39 is 7.60 Å². The van der Waals surface area contributed by atoms with Crippen molar-refractivity contribution in [3.8, 4) is 11.8 Å². The van der Waals surface area contributed by atoms with E-state index in [1.165, 1.54) is 6.66 Å². The van der Waals surface area contributed by atoms with Crippen molar-refractivity contribution in [3.63, 3.8) is 0 Å².